The average Bonchev–Trinajstić information content (AvgIpc) is 3.07. The molecule has 1 atom stereocenters. The maximum Gasteiger partial charge on any atom is 0.175 e. The molecule has 43 heavy (non-hydrogen) atoms. The molecular formula is C37H32O5S. The van der Waals surface area contributed by atoms with Gasteiger partial charge in [-0.15, -0.1) is 0 Å². The fraction of sp³-hybridized carbons (Fsp3) is 0.162. The molecule has 1 aliphatic heterocycles. The number of hydrogen-bond donors (Lipinski definition) is 0. The van der Waals surface area contributed by atoms with E-state index in [4.69, 9.17) is 35.9 Å². The van der Waals surface area contributed by atoms with Crippen molar-refractivity contribution in [1.82, 2.24) is 0 Å². The van der Waals surface area contributed by atoms with Gasteiger partial charge in [-0.1, -0.05) is 109 Å². The zero-order valence-corrected chi connectivity index (χ0v) is 24.9. The molecule has 0 amide bonds. The van der Waals surface area contributed by atoms with Crippen LogP contribution in [0.3, 0.4) is 0 Å². The van der Waals surface area contributed by atoms with Crippen LogP contribution in [0, 0.1) is 0 Å². The van der Waals surface area contributed by atoms with E-state index in [1.165, 1.54) is 0 Å². The first-order valence-electron chi connectivity index (χ1n) is 14.1. The van der Waals surface area contributed by atoms with E-state index >= 15 is 0 Å². The maximum atomic E-state index is 7.16. The van der Waals surface area contributed by atoms with Crippen molar-refractivity contribution in [2.45, 2.75) is 25.2 Å². The number of hydrogen-bond acceptors (Lipinski definition) is 6. The van der Waals surface area contributed by atoms with Gasteiger partial charge in [0.25, 0.3) is 0 Å². The lowest BCUT2D eigenvalue weighted by molar-refractivity contribution is 0.104. The zero-order valence-electron chi connectivity index (χ0n) is 24.1. The second-order valence-electron chi connectivity index (χ2n) is 10.3. The Kier molecular flexibility index (Phi) is 8.29. The van der Waals surface area contributed by atoms with E-state index in [0.29, 0.717) is 53.2 Å². The minimum absolute atomic E-state index is 0.377. The highest BCUT2D eigenvalue weighted by Crippen LogP contribution is 2.51. The van der Waals surface area contributed by atoms with Crippen LogP contribution in [0.5, 0.6) is 28.7 Å². The topological polar surface area (TPSA) is 46.2 Å². The van der Waals surface area contributed by atoms with Crippen molar-refractivity contribution in [2.24, 2.45) is 0 Å². The Morgan fingerprint density at radius 1 is 0.605 bits per heavy atom. The summed E-state index contributed by atoms with van der Waals surface area (Å²) in [7, 11) is 3.25. The van der Waals surface area contributed by atoms with E-state index in [2.05, 4.69) is 12.1 Å². The summed E-state index contributed by atoms with van der Waals surface area (Å²) in [5.74, 6) is 3.04. The molecule has 1 unspecified atom stereocenters. The molecule has 216 valence electrons. The van der Waals surface area contributed by atoms with Crippen LogP contribution in [-0.4, -0.2) is 19.1 Å². The highest BCUT2D eigenvalue weighted by atomic mass is 32.1. The van der Waals surface area contributed by atoms with Crippen LogP contribution in [0.1, 0.15) is 34.2 Å². The summed E-state index contributed by atoms with van der Waals surface area (Å²) in [6.07, 6.45) is 0.415. The van der Waals surface area contributed by atoms with Gasteiger partial charge in [-0.2, -0.15) is 0 Å². The van der Waals surface area contributed by atoms with Crippen LogP contribution in [-0.2, 0) is 18.8 Å². The normalized spacial score (nSPS) is 15.6. The van der Waals surface area contributed by atoms with Gasteiger partial charge in [-0.05, 0) is 35.4 Å². The molecule has 0 saturated heterocycles. The van der Waals surface area contributed by atoms with Gasteiger partial charge < -0.3 is 23.7 Å². The molecule has 5 aromatic rings. The Balaban J connectivity index is 1.48. The Morgan fingerprint density at radius 3 is 1.74 bits per heavy atom. The van der Waals surface area contributed by atoms with E-state index in [9.17, 15) is 0 Å². The maximum absolute atomic E-state index is 7.16. The molecule has 5 aromatic carbocycles. The number of benzene rings is 5. The predicted molar refractivity (Wildman–Crippen MR) is 172 cm³/mol. The molecule has 1 heterocycles. The highest BCUT2D eigenvalue weighted by Gasteiger charge is 2.45. The van der Waals surface area contributed by atoms with E-state index in [0.717, 1.165) is 27.8 Å². The van der Waals surface area contributed by atoms with Gasteiger partial charge >= 0.3 is 0 Å². The van der Waals surface area contributed by atoms with Crippen LogP contribution in [0.15, 0.2) is 121 Å². The van der Waals surface area contributed by atoms with Crippen molar-refractivity contribution in [3.63, 3.8) is 0 Å². The summed E-state index contributed by atoms with van der Waals surface area (Å²) in [6, 6.07) is 39.9. The van der Waals surface area contributed by atoms with Crippen molar-refractivity contribution in [3.05, 3.63) is 149 Å². The van der Waals surface area contributed by atoms with Crippen LogP contribution in [0.25, 0.3) is 0 Å². The van der Waals surface area contributed by atoms with E-state index < -0.39 is 5.60 Å². The molecule has 0 spiro atoms. The summed E-state index contributed by atoms with van der Waals surface area (Å²) >= 11 is 6.20. The van der Waals surface area contributed by atoms with Gasteiger partial charge in [-0.25, -0.2) is 0 Å². The Labute approximate surface area is 257 Å². The number of methoxy groups -OCH3 is 2. The number of thiocarbonyl (C=S) groups is 1. The first kappa shape index (κ1) is 28.3. The molecule has 0 fully saturated rings. The Hall–Kier alpha value is -4.81. The zero-order chi connectivity index (χ0) is 29.6. The first-order chi connectivity index (χ1) is 21.1. The van der Waals surface area contributed by atoms with Crippen molar-refractivity contribution in [3.8, 4) is 28.7 Å². The standard InChI is InChI=1S/C37H32O5S/c1-38-30-19-18-29(22-33(30)39-2)37(28-16-10-5-11-17-28)23-34(43)35-31(40-24-26-12-6-3-7-13-26)20-21-32(36(35)42-37)41-25-27-14-8-4-9-15-27/h3-22H,23-25H2,1-2H3. The van der Waals surface area contributed by atoms with Gasteiger partial charge in [-0.3, -0.25) is 0 Å². The largest absolute Gasteiger partial charge is 0.493 e. The lowest BCUT2D eigenvalue weighted by Crippen LogP contribution is -2.40. The van der Waals surface area contributed by atoms with E-state index in [1.807, 2.05) is 109 Å². The molecule has 6 heteroatoms. The second kappa shape index (κ2) is 12.6. The molecule has 0 radical (unpaired) electrons. The van der Waals surface area contributed by atoms with Gasteiger partial charge in [0.05, 0.1) is 19.8 Å². The SMILES string of the molecule is COc1ccc(C2(c3ccccc3)CC(=S)c3c(OCc4ccccc4)ccc(OCc4ccccc4)c3O2)cc1OC. The average molecular weight is 589 g/mol. The molecule has 1 aliphatic rings. The molecule has 5 nitrogen and oxygen atoms in total. The van der Waals surface area contributed by atoms with E-state index in [-0.39, 0.29) is 0 Å². The van der Waals surface area contributed by atoms with Crippen molar-refractivity contribution in [1.29, 1.82) is 0 Å². The van der Waals surface area contributed by atoms with Crippen molar-refractivity contribution >= 4 is 17.1 Å². The molecule has 0 N–H and O–H groups in total. The molecule has 0 aromatic heterocycles. The highest BCUT2D eigenvalue weighted by molar-refractivity contribution is 7.80. The van der Waals surface area contributed by atoms with Crippen LogP contribution < -0.4 is 23.7 Å². The summed E-state index contributed by atoms with van der Waals surface area (Å²) in [4.78, 5) is 0.716. The first-order valence-corrected chi connectivity index (χ1v) is 14.5. The van der Waals surface area contributed by atoms with Gasteiger partial charge in [0.2, 0.25) is 0 Å². The third-order valence-corrected chi connectivity index (χ3v) is 7.96. The number of fused-ring (bicyclic) bond motifs is 1. The number of rotatable bonds is 10. The summed E-state index contributed by atoms with van der Waals surface area (Å²) in [5, 5.41) is 0. The smallest absolute Gasteiger partial charge is 0.175 e. The van der Waals surface area contributed by atoms with Crippen molar-refractivity contribution in [2.75, 3.05) is 14.2 Å². The predicted octanol–water partition coefficient (Wildman–Crippen LogP) is 8.31. The minimum Gasteiger partial charge on any atom is -0.493 e. The fourth-order valence-corrected chi connectivity index (χ4v) is 5.82. The lowest BCUT2D eigenvalue weighted by Gasteiger charge is -2.41. The van der Waals surface area contributed by atoms with E-state index in [1.54, 1.807) is 14.2 Å². The summed E-state index contributed by atoms with van der Waals surface area (Å²) in [5.41, 5.74) is 3.74. The minimum atomic E-state index is -0.951. The van der Waals surface area contributed by atoms with Crippen LogP contribution in [0.4, 0.5) is 0 Å². The third-order valence-electron chi connectivity index (χ3n) is 7.61. The van der Waals surface area contributed by atoms with Gasteiger partial charge in [0.15, 0.2) is 28.6 Å². The van der Waals surface area contributed by atoms with Crippen LogP contribution in [0.2, 0.25) is 0 Å². The molecule has 0 saturated carbocycles. The Bertz CT molecular complexity index is 1710. The fourth-order valence-electron chi connectivity index (χ4n) is 5.42. The lowest BCUT2D eigenvalue weighted by atomic mass is 9.79. The second-order valence-corrected chi connectivity index (χ2v) is 10.8. The van der Waals surface area contributed by atoms with Gasteiger partial charge in [0.1, 0.15) is 19.0 Å². The van der Waals surface area contributed by atoms with Crippen molar-refractivity contribution < 1.29 is 23.7 Å². The Morgan fingerprint density at radius 2 is 1.14 bits per heavy atom. The molecule has 0 aliphatic carbocycles. The monoisotopic (exact) mass is 588 g/mol. The van der Waals surface area contributed by atoms with Crippen LogP contribution >= 0.6 is 12.2 Å². The molecular weight excluding hydrogens is 556 g/mol. The third kappa shape index (κ3) is 5.79. The molecule has 6 rings (SSSR count). The quantitative estimate of drug-likeness (QED) is 0.153. The van der Waals surface area contributed by atoms with Gasteiger partial charge in [0, 0.05) is 22.4 Å². The number of ether oxygens (including phenoxy) is 5. The molecule has 0 bridgehead atoms. The summed E-state index contributed by atoms with van der Waals surface area (Å²) < 4.78 is 31.2. The summed E-state index contributed by atoms with van der Waals surface area (Å²) in [6.45, 7) is 0.780.